The monoisotopic (exact) mass is 503 g/mol. The third kappa shape index (κ3) is 3.83. The minimum Gasteiger partial charge on any atom is -0.508 e. The highest BCUT2D eigenvalue weighted by molar-refractivity contribution is 6.05. The van der Waals surface area contributed by atoms with E-state index < -0.39 is 0 Å². The van der Waals surface area contributed by atoms with E-state index in [4.69, 9.17) is 9.72 Å². The van der Waals surface area contributed by atoms with Crippen LogP contribution in [0.3, 0.4) is 0 Å². The van der Waals surface area contributed by atoms with Crippen molar-refractivity contribution in [1.82, 2.24) is 4.98 Å². The van der Waals surface area contributed by atoms with Gasteiger partial charge in [-0.25, -0.2) is 4.98 Å². The molecular formula is C34H21N3O2. The van der Waals surface area contributed by atoms with Gasteiger partial charge < -0.3 is 14.7 Å². The highest BCUT2D eigenvalue weighted by atomic mass is 16.5. The Morgan fingerprint density at radius 1 is 0.667 bits per heavy atom. The molecule has 5 aromatic carbocycles. The van der Waals surface area contributed by atoms with Gasteiger partial charge in [0.1, 0.15) is 5.75 Å². The molecule has 0 atom stereocenters. The molecule has 0 spiro atoms. The van der Waals surface area contributed by atoms with E-state index in [1.165, 1.54) is 0 Å². The molecule has 0 saturated heterocycles. The lowest BCUT2D eigenvalue weighted by atomic mass is 9.97. The molecule has 1 aromatic heterocycles. The maximum Gasteiger partial charge on any atom is 0.151 e. The number of benzene rings is 5. The molecule has 2 heterocycles. The highest BCUT2D eigenvalue weighted by Crippen LogP contribution is 2.51. The van der Waals surface area contributed by atoms with Crippen LogP contribution in [0.2, 0.25) is 0 Å². The maximum absolute atomic E-state index is 9.94. The number of para-hydroxylation sites is 5. The first-order valence-electron chi connectivity index (χ1n) is 12.6. The van der Waals surface area contributed by atoms with Crippen molar-refractivity contribution in [3.8, 4) is 45.7 Å². The summed E-state index contributed by atoms with van der Waals surface area (Å²) in [5, 5.41) is 20.2. The van der Waals surface area contributed by atoms with Crippen LogP contribution in [-0.2, 0) is 0 Å². The van der Waals surface area contributed by atoms with Crippen molar-refractivity contribution in [2.75, 3.05) is 4.90 Å². The molecule has 6 aromatic rings. The van der Waals surface area contributed by atoms with Crippen molar-refractivity contribution in [2.45, 2.75) is 0 Å². The Balaban J connectivity index is 1.53. The number of aromatic hydroxyl groups is 1. The van der Waals surface area contributed by atoms with E-state index in [0.717, 1.165) is 61.8 Å². The van der Waals surface area contributed by atoms with E-state index in [2.05, 4.69) is 41.3 Å². The van der Waals surface area contributed by atoms with Gasteiger partial charge in [0.05, 0.1) is 39.9 Å². The Kier molecular flexibility index (Phi) is 5.24. The first-order chi connectivity index (χ1) is 19.2. The number of hydrogen-bond donors (Lipinski definition) is 1. The molecule has 1 aliphatic heterocycles. The van der Waals surface area contributed by atoms with Gasteiger partial charge in [0, 0.05) is 10.9 Å². The van der Waals surface area contributed by atoms with Crippen LogP contribution in [0.15, 0.2) is 121 Å². The van der Waals surface area contributed by atoms with Crippen LogP contribution in [0.5, 0.6) is 17.2 Å². The second-order valence-corrected chi connectivity index (χ2v) is 9.34. The van der Waals surface area contributed by atoms with E-state index in [0.29, 0.717) is 5.56 Å². The third-order valence-corrected chi connectivity index (χ3v) is 6.98. The Morgan fingerprint density at radius 2 is 1.28 bits per heavy atom. The van der Waals surface area contributed by atoms with Gasteiger partial charge in [-0.2, -0.15) is 5.26 Å². The van der Waals surface area contributed by atoms with Crippen molar-refractivity contribution >= 4 is 28.0 Å². The second-order valence-electron chi connectivity index (χ2n) is 9.34. The lowest BCUT2D eigenvalue weighted by molar-refractivity contribution is 0.475. The molecule has 7 rings (SSSR count). The van der Waals surface area contributed by atoms with Gasteiger partial charge in [0.2, 0.25) is 0 Å². The molecule has 184 valence electrons. The van der Waals surface area contributed by atoms with Crippen LogP contribution in [0, 0.1) is 11.3 Å². The summed E-state index contributed by atoms with van der Waals surface area (Å²) >= 11 is 0. The van der Waals surface area contributed by atoms with Crippen molar-refractivity contribution in [3.05, 3.63) is 127 Å². The molecule has 0 aliphatic carbocycles. The van der Waals surface area contributed by atoms with Crippen molar-refractivity contribution in [1.29, 1.82) is 5.26 Å². The number of fused-ring (bicyclic) bond motifs is 3. The minimum atomic E-state index is 0.214. The molecule has 39 heavy (non-hydrogen) atoms. The number of pyridine rings is 1. The quantitative estimate of drug-likeness (QED) is 0.261. The van der Waals surface area contributed by atoms with Crippen LogP contribution in [0.4, 0.5) is 17.1 Å². The molecule has 0 unspecified atom stereocenters. The van der Waals surface area contributed by atoms with Crippen LogP contribution < -0.4 is 9.64 Å². The van der Waals surface area contributed by atoms with Gasteiger partial charge in [-0.15, -0.1) is 0 Å². The van der Waals surface area contributed by atoms with E-state index >= 15 is 0 Å². The summed E-state index contributed by atoms with van der Waals surface area (Å²) < 4.78 is 6.25. The van der Waals surface area contributed by atoms with Crippen LogP contribution in [0.1, 0.15) is 5.56 Å². The Bertz CT molecular complexity index is 1860. The number of nitrogens with zero attached hydrogens (tertiary/aromatic N) is 3. The van der Waals surface area contributed by atoms with E-state index in [-0.39, 0.29) is 5.75 Å². The fraction of sp³-hybridized carbons (Fsp3) is 0. The summed E-state index contributed by atoms with van der Waals surface area (Å²) in [7, 11) is 0. The number of phenolic OH excluding ortho intramolecular Hbond substituents is 1. The minimum absolute atomic E-state index is 0.214. The molecule has 0 amide bonds. The lowest BCUT2D eigenvalue weighted by Crippen LogP contribution is -2.16. The van der Waals surface area contributed by atoms with E-state index in [9.17, 15) is 10.4 Å². The zero-order valence-electron chi connectivity index (χ0n) is 20.7. The van der Waals surface area contributed by atoms with Crippen molar-refractivity contribution in [2.24, 2.45) is 0 Å². The van der Waals surface area contributed by atoms with E-state index in [1.54, 1.807) is 12.1 Å². The summed E-state index contributed by atoms with van der Waals surface area (Å²) in [6.45, 7) is 0. The normalized spacial score (nSPS) is 11.8. The Hall–Kier alpha value is -5.60. The number of anilines is 3. The molecule has 5 nitrogen and oxygen atoms in total. The number of nitriles is 1. The lowest BCUT2D eigenvalue weighted by Gasteiger charge is -2.33. The first-order valence-corrected chi connectivity index (χ1v) is 12.6. The summed E-state index contributed by atoms with van der Waals surface area (Å²) in [4.78, 5) is 7.41. The summed E-state index contributed by atoms with van der Waals surface area (Å²) in [5.41, 5.74) is 7.87. The Labute approximate surface area is 225 Å². The average molecular weight is 504 g/mol. The van der Waals surface area contributed by atoms with Gasteiger partial charge in [-0.05, 0) is 71.8 Å². The molecule has 0 bridgehead atoms. The van der Waals surface area contributed by atoms with Crippen LogP contribution in [-0.4, -0.2) is 10.1 Å². The standard InChI is InChI=1S/C34H21N3O2/c35-21-22-12-14-24(15-13-22)28-20-27(23-16-18-25(38)19-17-23)26-6-5-9-31(34(26)36-28)37-29-7-1-3-10-32(29)39-33-11-4-2-8-30(33)37/h1-20,38H. The van der Waals surface area contributed by atoms with Crippen molar-refractivity contribution < 1.29 is 9.84 Å². The summed E-state index contributed by atoms with van der Waals surface area (Å²) in [6.07, 6.45) is 0. The second kappa shape index (κ2) is 9.05. The largest absolute Gasteiger partial charge is 0.508 e. The smallest absolute Gasteiger partial charge is 0.151 e. The number of aromatic nitrogens is 1. The summed E-state index contributed by atoms with van der Waals surface area (Å²) in [6, 6.07) is 41.2. The molecular weight excluding hydrogens is 482 g/mol. The van der Waals surface area contributed by atoms with Gasteiger partial charge in [0.25, 0.3) is 0 Å². The molecule has 0 fully saturated rings. The molecule has 0 saturated carbocycles. The summed E-state index contributed by atoms with van der Waals surface area (Å²) in [5.74, 6) is 1.76. The predicted molar refractivity (Wildman–Crippen MR) is 154 cm³/mol. The molecule has 5 heteroatoms. The number of ether oxygens (including phenoxy) is 1. The third-order valence-electron chi connectivity index (χ3n) is 6.98. The predicted octanol–water partition coefficient (Wildman–Crippen LogP) is 8.72. The fourth-order valence-corrected chi connectivity index (χ4v) is 5.12. The van der Waals surface area contributed by atoms with Crippen molar-refractivity contribution in [3.63, 3.8) is 0 Å². The first kappa shape index (κ1) is 22.6. The van der Waals surface area contributed by atoms with Gasteiger partial charge in [0.15, 0.2) is 11.5 Å². The molecule has 0 radical (unpaired) electrons. The highest BCUT2D eigenvalue weighted by Gasteiger charge is 2.27. The topological polar surface area (TPSA) is 69.4 Å². The molecule has 1 N–H and O–H groups in total. The number of phenols is 1. The number of rotatable bonds is 3. The molecule has 1 aliphatic rings. The van der Waals surface area contributed by atoms with Crippen LogP contribution >= 0.6 is 0 Å². The van der Waals surface area contributed by atoms with Gasteiger partial charge in [-0.3, -0.25) is 0 Å². The Morgan fingerprint density at radius 3 is 1.95 bits per heavy atom. The SMILES string of the molecule is N#Cc1ccc(-c2cc(-c3ccc(O)cc3)c3cccc(N4c5ccccc5Oc5ccccc54)c3n2)cc1. The fourth-order valence-electron chi connectivity index (χ4n) is 5.12. The van der Waals surface area contributed by atoms with Crippen LogP contribution in [0.25, 0.3) is 33.3 Å². The van der Waals surface area contributed by atoms with Gasteiger partial charge >= 0.3 is 0 Å². The maximum atomic E-state index is 9.94. The van der Waals surface area contributed by atoms with E-state index in [1.807, 2.05) is 78.9 Å². The zero-order valence-corrected chi connectivity index (χ0v) is 20.7. The average Bonchev–Trinajstić information content (AvgIpc) is 2.99. The van der Waals surface area contributed by atoms with Gasteiger partial charge in [-0.1, -0.05) is 60.7 Å². The number of hydrogen-bond acceptors (Lipinski definition) is 5. The zero-order chi connectivity index (χ0) is 26.3.